The molecule has 0 amide bonds. The molecule has 1 N–H and O–H groups in total. The zero-order chi connectivity index (χ0) is 18.2. The highest BCUT2D eigenvalue weighted by Gasteiger charge is 2.21. The van der Waals surface area contributed by atoms with E-state index in [4.69, 9.17) is 9.73 Å². The summed E-state index contributed by atoms with van der Waals surface area (Å²) in [6.07, 6.45) is 5.75. The molecular formula is C19H28N6O. The van der Waals surface area contributed by atoms with Gasteiger partial charge in [0.2, 0.25) is 0 Å². The number of aliphatic imine (C=N–C) groups is 1. The summed E-state index contributed by atoms with van der Waals surface area (Å²) in [7, 11) is 0. The maximum Gasteiger partial charge on any atom is 0.194 e. The van der Waals surface area contributed by atoms with Crippen molar-refractivity contribution in [2.45, 2.75) is 39.3 Å². The number of rotatable bonds is 6. The molecule has 3 rings (SSSR count). The van der Waals surface area contributed by atoms with Crippen molar-refractivity contribution in [3.63, 3.8) is 0 Å². The van der Waals surface area contributed by atoms with Crippen LogP contribution in [0.3, 0.4) is 0 Å². The number of nitrogens with one attached hydrogen (secondary N) is 1. The SMILES string of the molecule is CCNC(=NCc1ccc(-n2cncn2)cc1)N1CCC(OCC)CC1. The molecule has 7 heteroatoms. The second kappa shape index (κ2) is 9.33. The molecule has 2 heterocycles. The maximum absolute atomic E-state index is 5.74. The van der Waals surface area contributed by atoms with Crippen LogP contribution in [0.4, 0.5) is 0 Å². The predicted octanol–water partition coefficient (Wildman–Crippen LogP) is 2.23. The van der Waals surface area contributed by atoms with Gasteiger partial charge >= 0.3 is 0 Å². The van der Waals surface area contributed by atoms with Gasteiger partial charge in [0, 0.05) is 26.2 Å². The van der Waals surface area contributed by atoms with Gasteiger partial charge in [-0.2, -0.15) is 5.10 Å². The lowest BCUT2D eigenvalue weighted by Crippen LogP contribution is -2.47. The molecule has 0 bridgehead atoms. The molecule has 1 aromatic heterocycles. The van der Waals surface area contributed by atoms with Crippen LogP contribution < -0.4 is 5.32 Å². The van der Waals surface area contributed by atoms with Crippen molar-refractivity contribution in [3.8, 4) is 5.69 Å². The molecule has 1 fully saturated rings. The molecule has 2 aromatic rings. The minimum Gasteiger partial charge on any atom is -0.378 e. The number of guanidine groups is 1. The zero-order valence-electron chi connectivity index (χ0n) is 15.6. The van der Waals surface area contributed by atoms with Gasteiger partial charge in [-0.25, -0.2) is 14.7 Å². The average molecular weight is 356 g/mol. The van der Waals surface area contributed by atoms with Gasteiger partial charge in [-0.15, -0.1) is 0 Å². The fourth-order valence-electron chi connectivity index (χ4n) is 3.16. The summed E-state index contributed by atoms with van der Waals surface area (Å²) >= 11 is 0. The first-order chi connectivity index (χ1) is 12.8. The fraction of sp³-hybridized carbons (Fsp3) is 0.526. The van der Waals surface area contributed by atoms with E-state index in [0.717, 1.165) is 50.7 Å². The van der Waals surface area contributed by atoms with Gasteiger partial charge in [0.15, 0.2) is 5.96 Å². The van der Waals surface area contributed by atoms with E-state index in [-0.39, 0.29) is 0 Å². The summed E-state index contributed by atoms with van der Waals surface area (Å²) in [4.78, 5) is 11.1. The average Bonchev–Trinajstić information content (AvgIpc) is 3.21. The maximum atomic E-state index is 5.74. The molecule has 26 heavy (non-hydrogen) atoms. The number of hydrogen-bond donors (Lipinski definition) is 1. The highest BCUT2D eigenvalue weighted by atomic mass is 16.5. The van der Waals surface area contributed by atoms with E-state index in [0.29, 0.717) is 12.6 Å². The molecule has 1 aliphatic rings. The first kappa shape index (κ1) is 18.4. The molecule has 0 atom stereocenters. The van der Waals surface area contributed by atoms with Gasteiger partial charge in [-0.1, -0.05) is 12.1 Å². The summed E-state index contributed by atoms with van der Waals surface area (Å²) < 4.78 is 7.49. The Labute approximate surface area is 155 Å². The van der Waals surface area contributed by atoms with Crippen molar-refractivity contribution in [1.29, 1.82) is 0 Å². The van der Waals surface area contributed by atoms with E-state index in [1.54, 1.807) is 11.0 Å². The number of aromatic nitrogens is 3. The Bertz CT molecular complexity index is 675. The van der Waals surface area contributed by atoms with E-state index in [9.17, 15) is 0 Å². The highest BCUT2D eigenvalue weighted by Crippen LogP contribution is 2.14. The van der Waals surface area contributed by atoms with Crippen molar-refractivity contribution >= 4 is 5.96 Å². The Balaban J connectivity index is 1.60. The highest BCUT2D eigenvalue weighted by molar-refractivity contribution is 5.80. The van der Waals surface area contributed by atoms with Gasteiger partial charge < -0.3 is 15.0 Å². The lowest BCUT2D eigenvalue weighted by Gasteiger charge is -2.34. The molecular weight excluding hydrogens is 328 g/mol. The lowest BCUT2D eigenvalue weighted by atomic mass is 10.1. The second-order valence-electron chi connectivity index (χ2n) is 6.32. The van der Waals surface area contributed by atoms with Crippen LogP contribution in [0.2, 0.25) is 0 Å². The molecule has 1 saturated heterocycles. The number of benzene rings is 1. The van der Waals surface area contributed by atoms with Crippen LogP contribution in [-0.4, -0.2) is 58.0 Å². The topological polar surface area (TPSA) is 67.6 Å². The summed E-state index contributed by atoms with van der Waals surface area (Å²) in [6, 6.07) is 8.26. The molecule has 140 valence electrons. The quantitative estimate of drug-likeness (QED) is 0.635. The molecule has 7 nitrogen and oxygen atoms in total. The standard InChI is InChI=1S/C19H28N6O/c1-3-21-19(24-11-9-18(10-12-24)26-4-2)22-13-16-5-7-17(8-6-16)25-15-20-14-23-25/h5-8,14-15,18H,3-4,9-13H2,1-2H3,(H,21,22). The normalized spacial score (nSPS) is 16.1. The van der Waals surface area contributed by atoms with Gasteiger partial charge in [-0.05, 0) is 44.4 Å². The number of piperidine rings is 1. The zero-order valence-corrected chi connectivity index (χ0v) is 15.6. The summed E-state index contributed by atoms with van der Waals surface area (Å²) in [5, 5.41) is 7.56. The molecule has 1 aromatic carbocycles. The Morgan fingerprint density at radius 2 is 2.00 bits per heavy atom. The second-order valence-corrected chi connectivity index (χ2v) is 6.32. The van der Waals surface area contributed by atoms with Crippen LogP contribution in [-0.2, 0) is 11.3 Å². The number of nitrogens with zero attached hydrogens (tertiary/aromatic N) is 5. The number of hydrogen-bond acceptors (Lipinski definition) is 4. The minimum absolute atomic E-state index is 0.392. The van der Waals surface area contributed by atoms with Crippen LogP contribution in [0, 0.1) is 0 Å². The van der Waals surface area contributed by atoms with E-state index in [1.165, 1.54) is 11.9 Å². The third-order valence-electron chi connectivity index (χ3n) is 4.51. The van der Waals surface area contributed by atoms with Crippen molar-refractivity contribution in [2.24, 2.45) is 4.99 Å². The third-order valence-corrected chi connectivity index (χ3v) is 4.51. The predicted molar refractivity (Wildman–Crippen MR) is 102 cm³/mol. The van der Waals surface area contributed by atoms with Crippen molar-refractivity contribution in [2.75, 3.05) is 26.2 Å². The van der Waals surface area contributed by atoms with Crippen molar-refractivity contribution < 1.29 is 4.74 Å². The number of likely N-dealkylation sites (tertiary alicyclic amines) is 1. The van der Waals surface area contributed by atoms with Crippen LogP contribution in [0.15, 0.2) is 41.9 Å². The first-order valence-electron chi connectivity index (χ1n) is 9.39. The van der Waals surface area contributed by atoms with Gasteiger partial charge in [0.25, 0.3) is 0 Å². The molecule has 0 unspecified atom stereocenters. The molecule has 1 aliphatic heterocycles. The van der Waals surface area contributed by atoms with Crippen LogP contribution in [0.1, 0.15) is 32.3 Å². The third kappa shape index (κ3) is 4.82. The van der Waals surface area contributed by atoms with Crippen molar-refractivity contribution in [3.05, 3.63) is 42.5 Å². The van der Waals surface area contributed by atoms with E-state index in [2.05, 4.69) is 46.3 Å². The van der Waals surface area contributed by atoms with Crippen LogP contribution in [0.5, 0.6) is 0 Å². The smallest absolute Gasteiger partial charge is 0.194 e. The van der Waals surface area contributed by atoms with Crippen LogP contribution in [0.25, 0.3) is 5.69 Å². The Kier molecular flexibility index (Phi) is 6.60. The van der Waals surface area contributed by atoms with E-state index >= 15 is 0 Å². The molecule has 0 radical (unpaired) electrons. The van der Waals surface area contributed by atoms with Gasteiger partial charge in [-0.3, -0.25) is 0 Å². The van der Waals surface area contributed by atoms with E-state index < -0.39 is 0 Å². The summed E-state index contributed by atoms with van der Waals surface area (Å²) in [6.45, 7) is 8.47. The lowest BCUT2D eigenvalue weighted by molar-refractivity contribution is 0.0263. The molecule has 0 aliphatic carbocycles. The molecule has 0 spiro atoms. The Morgan fingerprint density at radius 3 is 2.62 bits per heavy atom. The largest absolute Gasteiger partial charge is 0.378 e. The summed E-state index contributed by atoms with van der Waals surface area (Å²) in [5.41, 5.74) is 2.17. The number of ether oxygens (including phenoxy) is 1. The minimum atomic E-state index is 0.392. The monoisotopic (exact) mass is 356 g/mol. The molecule has 0 saturated carbocycles. The van der Waals surface area contributed by atoms with Gasteiger partial charge in [0.05, 0.1) is 18.3 Å². The Hall–Kier alpha value is -2.41. The van der Waals surface area contributed by atoms with Gasteiger partial charge in [0.1, 0.15) is 12.7 Å². The fourth-order valence-corrected chi connectivity index (χ4v) is 3.16. The van der Waals surface area contributed by atoms with Crippen LogP contribution >= 0.6 is 0 Å². The Morgan fingerprint density at radius 1 is 1.23 bits per heavy atom. The first-order valence-corrected chi connectivity index (χ1v) is 9.39. The van der Waals surface area contributed by atoms with Crippen molar-refractivity contribution in [1.82, 2.24) is 25.0 Å². The van der Waals surface area contributed by atoms with E-state index in [1.807, 2.05) is 12.1 Å². The summed E-state index contributed by atoms with van der Waals surface area (Å²) in [5.74, 6) is 0.989.